The molecule has 0 aliphatic carbocycles. The van der Waals surface area contributed by atoms with Gasteiger partial charge >= 0.3 is 5.97 Å². The first-order valence-electron chi connectivity index (χ1n) is 7.91. The highest BCUT2D eigenvalue weighted by molar-refractivity contribution is 7.12. The van der Waals surface area contributed by atoms with Gasteiger partial charge in [-0.15, -0.1) is 11.3 Å². The molecule has 0 aliphatic rings. The summed E-state index contributed by atoms with van der Waals surface area (Å²) in [5.74, 6) is 0.0502. The van der Waals surface area contributed by atoms with E-state index in [0.29, 0.717) is 10.6 Å². The third kappa shape index (κ3) is 4.93. The summed E-state index contributed by atoms with van der Waals surface area (Å²) in [6.45, 7) is 8.61. The Bertz CT molecular complexity index is 715. The maximum Gasteiger partial charge on any atom is 0.312 e. The zero-order valence-corrected chi connectivity index (χ0v) is 15.3. The molecule has 0 bridgehead atoms. The quantitative estimate of drug-likeness (QED) is 0.656. The van der Waals surface area contributed by atoms with Crippen LogP contribution >= 0.6 is 11.3 Å². The normalized spacial score (nSPS) is 11.2. The lowest BCUT2D eigenvalue weighted by atomic mass is 9.86. The number of hydrogen-bond donors (Lipinski definition) is 1. The molecule has 0 saturated heterocycles. The van der Waals surface area contributed by atoms with E-state index in [1.54, 1.807) is 6.07 Å². The van der Waals surface area contributed by atoms with Gasteiger partial charge in [0.25, 0.3) is 5.91 Å². The zero-order chi connectivity index (χ0) is 17.7. The topological polar surface area (TPSA) is 55.4 Å². The lowest BCUT2D eigenvalue weighted by Gasteiger charge is -2.20. The van der Waals surface area contributed by atoms with Crippen LogP contribution in [-0.2, 0) is 10.2 Å². The van der Waals surface area contributed by atoms with E-state index in [1.165, 1.54) is 16.9 Å². The van der Waals surface area contributed by atoms with Crippen molar-refractivity contribution in [1.29, 1.82) is 0 Å². The number of nitrogens with one attached hydrogen (secondary N) is 1. The first kappa shape index (κ1) is 18.2. The Morgan fingerprint density at radius 1 is 1.21 bits per heavy atom. The Labute approximate surface area is 146 Å². The monoisotopic (exact) mass is 345 g/mol. The minimum Gasteiger partial charge on any atom is -0.426 e. The number of carbonyl (C=O) groups excluding carboxylic acids is 2. The van der Waals surface area contributed by atoms with Crippen LogP contribution in [0.2, 0.25) is 0 Å². The molecule has 2 rings (SSSR count). The predicted octanol–water partition coefficient (Wildman–Crippen LogP) is 4.08. The standard InChI is InChI=1S/C19H23NO3S/c1-13-12-14(19(2,3)4)7-8-15(13)23-17(21)9-10-20-18(22)16-6-5-11-24-16/h5-8,11-12H,9-10H2,1-4H3,(H,20,22). The molecule has 0 atom stereocenters. The number of rotatable bonds is 5. The number of thiophene rings is 1. The average molecular weight is 345 g/mol. The summed E-state index contributed by atoms with van der Waals surface area (Å²) in [5, 5.41) is 4.56. The maximum atomic E-state index is 11.9. The molecule has 0 saturated carbocycles. The molecule has 2 aromatic rings. The van der Waals surface area contributed by atoms with Gasteiger partial charge in [0.2, 0.25) is 0 Å². The van der Waals surface area contributed by atoms with Crippen LogP contribution in [0.1, 0.15) is 48.0 Å². The molecule has 4 nitrogen and oxygen atoms in total. The molecule has 5 heteroatoms. The Balaban J connectivity index is 1.85. The molecular weight excluding hydrogens is 322 g/mol. The molecule has 24 heavy (non-hydrogen) atoms. The highest BCUT2D eigenvalue weighted by Crippen LogP contribution is 2.27. The van der Waals surface area contributed by atoms with Crippen molar-refractivity contribution in [3.05, 3.63) is 51.7 Å². The molecule has 0 spiro atoms. The van der Waals surface area contributed by atoms with Gasteiger partial charge in [-0.3, -0.25) is 9.59 Å². The number of esters is 1. The second-order valence-electron chi connectivity index (χ2n) is 6.69. The van der Waals surface area contributed by atoms with Gasteiger partial charge in [0.15, 0.2) is 0 Å². The predicted molar refractivity (Wildman–Crippen MR) is 96.8 cm³/mol. The first-order chi connectivity index (χ1) is 11.3. The molecule has 1 N–H and O–H groups in total. The van der Waals surface area contributed by atoms with Crippen molar-refractivity contribution in [2.75, 3.05) is 6.54 Å². The van der Waals surface area contributed by atoms with Gasteiger partial charge < -0.3 is 10.1 Å². The van der Waals surface area contributed by atoms with E-state index in [2.05, 4.69) is 26.1 Å². The third-order valence-electron chi connectivity index (χ3n) is 3.62. The summed E-state index contributed by atoms with van der Waals surface area (Å²) in [6.07, 6.45) is 0.136. The number of aryl methyl sites for hydroxylation is 1. The molecule has 0 fully saturated rings. The summed E-state index contributed by atoms with van der Waals surface area (Å²) in [5.41, 5.74) is 2.18. The van der Waals surface area contributed by atoms with Crippen molar-refractivity contribution in [2.24, 2.45) is 0 Å². The van der Waals surface area contributed by atoms with E-state index in [1.807, 2.05) is 36.6 Å². The molecule has 1 heterocycles. The molecular formula is C19H23NO3S. The minimum atomic E-state index is -0.354. The highest BCUT2D eigenvalue weighted by atomic mass is 32.1. The Kier molecular flexibility index (Phi) is 5.78. The van der Waals surface area contributed by atoms with Gasteiger partial charge in [0, 0.05) is 6.54 Å². The van der Waals surface area contributed by atoms with Gasteiger partial charge in [-0.1, -0.05) is 39.0 Å². The van der Waals surface area contributed by atoms with E-state index in [4.69, 9.17) is 4.74 Å². The number of amides is 1. The van der Waals surface area contributed by atoms with E-state index in [9.17, 15) is 9.59 Å². The molecule has 0 aliphatic heterocycles. The fraction of sp³-hybridized carbons (Fsp3) is 0.368. The summed E-state index contributed by atoms with van der Waals surface area (Å²) >= 11 is 1.37. The van der Waals surface area contributed by atoms with Crippen LogP contribution in [-0.4, -0.2) is 18.4 Å². The van der Waals surface area contributed by atoms with Crippen LogP contribution in [0.5, 0.6) is 5.75 Å². The Hall–Kier alpha value is -2.14. The number of carbonyl (C=O) groups is 2. The second-order valence-corrected chi connectivity index (χ2v) is 7.64. The molecule has 1 aromatic carbocycles. The molecule has 1 aromatic heterocycles. The summed E-state index contributed by atoms with van der Waals surface area (Å²) in [7, 11) is 0. The third-order valence-corrected chi connectivity index (χ3v) is 4.49. The van der Waals surface area contributed by atoms with Gasteiger partial charge in [-0.2, -0.15) is 0 Å². The number of ether oxygens (including phenoxy) is 1. The van der Waals surface area contributed by atoms with Gasteiger partial charge in [0.05, 0.1) is 11.3 Å². The van der Waals surface area contributed by atoms with Crippen LogP contribution in [0.3, 0.4) is 0 Å². The van der Waals surface area contributed by atoms with Crippen molar-refractivity contribution < 1.29 is 14.3 Å². The van der Waals surface area contributed by atoms with Crippen LogP contribution in [0.25, 0.3) is 0 Å². The Morgan fingerprint density at radius 3 is 2.54 bits per heavy atom. The van der Waals surface area contributed by atoms with E-state index in [0.717, 1.165) is 5.56 Å². The van der Waals surface area contributed by atoms with Crippen LogP contribution in [0, 0.1) is 6.92 Å². The van der Waals surface area contributed by atoms with E-state index >= 15 is 0 Å². The average Bonchev–Trinajstić information content (AvgIpc) is 3.02. The van der Waals surface area contributed by atoms with Crippen LogP contribution in [0.15, 0.2) is 35.7 Å². The number of hydrogen-bond acceptors (Lipinski definition) is 4. The summed E-state index contributed by atoms with van der Waals surface area (Å²) < 4.78 is 5.40. The first-order valence-corrected chi connectivity index (χ1v) is 8.79. The summed E-state index contributed by atoms with van der Waals surface area (Å²) in [6, 6.07) is 9.42. The SMILES string of the molecule is Cc1cc(C(C)(C)C)ccc1OC(=O)CCNC(=O)c1cccs1. The lowest BCUT2D eigenvalue weighted by molar-refractivity contribution is -0.134. The molecule has 0 unspecified atom stereocenters. The van der Waals surface area contributed by atoms with Crippen molar-refractivity contribution in [2.45, 2.75) is 39.5 Å². The smallest absolute Gasteiger partial charge is 0.312 e. The Morgan fingerprint density at radius 2 is 1.96 bits per heavy atom. The fourth-order valence-electron chi connectivity index (χ4n) is 2.18. The van der Waals surface area contributed by atoms with Crippen molar-refractivity contribution in [3.8, 4) is 5.75 Å². The molecule has 0 radical (unpaired) electrons. The van der Waals surface area contributed by atoms with E-state index in [-0.39, 0.29) is 30.3 Å². The van der Waals surface area contributed by atoms with Crippen molar-refractivity contribution in [3.63, 3.8) is 0 Å². The lowest BCUT2D eigenvalue weighted by Crippen LogP contribution is -2.26. The summed E-state index contributed by atoms with van der Waals surface area (Å²) in [4.78, 5) is 24.4. The van der Waals surface area contributed by atoms with E-state index < -0.39 is 0 Å². The second kappa shape index (κ2) is 7.62. The maximum absolute atomic E-state index is 11.9. The minimum absolute atomic E-state index is 0.0549. The van der Waals surface area contributed by atoms with Crippen LogP contribution in [0.4, 0.5) is 0 Å². The number of benzene rings is 1. The molecule has 1 amide bonds. The molecule has 128 valence electrons. The van der Waals surface area contributed by atoms with Crippen LogP contribution < -0.4 is 10.1 Å². The highest BCUT2D eigenvalue weighted by Gasteiger charge is 2.16. The van der Waals surface area contributed by atoms with Crippen molar-refractivity contribution >= 4 is 23.2 Å². The van der Waals surface area contributed by atoms with Gasteiger partial charge in [0.1, 0.15) is 5.75 Å². The van der Waals surface area contributed by atoms with Gasteiger partial charge in [-0.05, 0) is 41.0 Å². The zero-order valence-electron chi connectivity index (χ0n) is 14.5. The largest absolute Gasteiger partial charge is 0.426 e. The van der Waals surface area contributed by atoms with Gasteiger partial charge in [-0.25, -0.2) is 0 Å². The van der Waals surface area contributed by atoms with Crippen molar-refractivity contribution in [1.82, 2.24) is 5.32 Å². The fourth-order valence-corrected chi connectivity index (χ4v) is 2.82.